The van der Waals surface area contributed by atoms with Crippen LogP contribution in [-0.2, 0) is 0 Å². The summed E-state index contributed by atoms with van der Waals surface area (Å²) in [6, 6.07) is 8.50. The molecule has 0 aromatic carbocycles. The summed E-state index contributed by atoms with van der Waals surface area (Å²) in [7, 11) is 0. The number of pyridine rings is 2. The van der Waals surface area contributed by atoms with Crippen LogP contribution in [0.3, 0.4) is 0 Å². The Morgan fingerprint density at radius 2 is 2.05 bits per heavy atom. The summed E-state index contributed by atoms with van der Waals surface area (Å²) < 4.78 is 1.50. The average Bonchev–Trinajstić information content (AvgIpc) is 2.97. The zero-order valence-electron chi connectivity index (χ0n) is 10.8. The van der Waals surface area contributed by atoms with Crippen molar-refractivity contribution in [2.75, 3.05) is 5.32 Å². The van der Waals surface area contributed by atoms with Crippen LogP contribution in [0.1, 0.15) is 10.4 Å². The van der Waals surface area contributed by atoms with E-state index in [2.05, 4.69) is 20.4 Å². The molecule has 0 saturated heterocycles. The predicted octanol–water partition coefficient (Wildman–Crippen LogP) is 2.57. The van der Waals surface area contributed by atoms with Gasteiger partial charge in [0.2, 0.25) is 0 Å². The molecule has 3 rings (SSSR count). The summed E-state index contributed by atoms with van der Waals surface area (Å²) in [5.41, 5.74) is 0.461. The van der Waals surface area contributed by atoms with E-state index in [1.165, 1.54) is 10.9 Å². The Bertz CT molecular complexity index is 772. The molecule has 0 unspecified atom stereocenters. The van der Waals surface area contributed by atoms with Gasteiger partial charge in [-0.25, -0.2) is 9.67 Å². The molecule has 0 aliphatic carbocycles. The quantitative estimate of drug-likeness (QED) is 0.806. The predicted molar refractivity (Wildman–Crippen MR) is 78.6 cm³/mol. The third-order valence-electron chi connectivity index (χ3n) is 2.71. The molecule has 0 atom stereocenters. The Kier molecular flexibility index (Phi) is 3.61. The summed E-state index contributed by atoms with van der Waals surface area (Å²) in [4.78, 5) is 20.0. The molecule has 0 fully saturated rings. The molecule has 0 bridgehead atoms. The first kappa shape index (κ1) is 13.3. The van der Waals surface area contributed by atoms with Crippen LogP contribution in [0.25, 0.3) is 5.82 Å². The number of carbonyl (C=O) groups excluding carboxylic acids is 1. The first-order chi connectivity index (χ1) is 10.2. The molecule has 0 aliphatic rings. The van der Waals surface area contributed by atoms with Gasteiger partial charge in [0.1, 0.15) is 0 Å². The number of nitrogens with zero attached hydrogens (tertiary/aromatic N) is 4. The van der Waals surface area contributed by atoms with E-state index in [4.69, 9.17) is 11.6 Å². The van der Waals surface area contributed by atoms with Gasteiger partial charge < -0.3 is 5.32 Å². The van der Waals surface area contributed by atoms with Gasteiger partial charge in [0, 0.05) is 30.9 Å². The zero-order valence-corrected chi connectivity index (χ0v) is 11.5. The van der Waals surface area contributed by atoms with Crippen LogP contribution in [0.2, 0.25) is 5.02 Å². The number of anilines is 1. The highest BCUT2D eigenvalue weighted by Gasteiger charge is 2.10. The Balaban J connectivity index is 1.80. The standard InChI is InChI=1S/C14H10ClN5O/c15-11-4-2-7-17-13(11)20-8-5-12(19-20)18-14(21)10-3-1-6-16-9-10/h1-9H,(H,18,19,21). The van der Waals surface area contributed by atoms with Crippen LogP contribution in [-0.4, -0.2) is 25.7 Å². The molecule has 0 radical (unpaired) electrons. The SMILES string of the molecule is O=C(Nc1ccn(-c2ncccc2Cl)n1)c1cccnc1. The van der Waals surface area contributed by atoms with Gasteiger partial charge in [-0.2, -0.15) is 0 Å². The zero-order chi connectivity index (χ0) is 14.7. The molecule has 3 aromatic rings. The third-order valence-corrected chi connectivity index (χ3v) is 3.01. The van der Waals surface area contributed by atoms with Crippen LogP contribution in [0.5, 0.6) is 0 Å². The minimum atomic E-state index is -0.277. The lowest BCUT2D eigenvalue weighted by atomic mass is 10.3. The molecule has 0 spiro atoms. The molecule has 6 nitrogen and oxygen atoms in total. The number of amides is 1. The maximum absolute atomic E-state index is 12.0. The number of carbonyl (C=O) groups is 1. The molecule has 104 valence electrons. The number of halogens is 1. The first-order valence-corrected chi connectivity index (χ1v) is 6.50. The number of rotatable bonds is 3. The maximum atomic E-state index is 12.0. The van der Waals surface area contributed by atoms with Gasteiger partial charge in [-0.1, -0.05) is 11.6 Å². The summed E-state index contributed by atoms with van der Waals surface area (Å²) >= 11 is 6.05. The molecule has 21 heavy (non-hydrogen) atoms. The summed E-state index contributed by atoms with van der Waals surface area (Å²) in [5.74, 6) is 0.632. The minimum absolute atomic E-state index is 0.277. The second-order valence-corrected chi connectivity index (χ2v) is 4.56. The van der Waals surface area contributed by atoms with Gasteiger partial charge in [-0.15, -0.1) is 5.10 Å². The summed E-state index contributed by atoms with van der Waals surface area (Å²) in [5, 5.41) is 7.39. The fourth-order valence-electron chi connectivity index (χ4n) is 1.74. The summed E-state index contributed by atoms with van der Waals surface area (Å²) in [6.45, 7) is 0. The maximum Gasteiger partial charge on any atom is 0.258 e. The van der Waals surface area contributed by atoms with Crippen LogP contribution in [0.15, 0.2) is 55.1 Å². The van der Waals surface area contributed by atoms with Gasteiger partial charge in [0.25, 0.3) is 5.91 Å². The van der Waals surface area contributed by atoms with Crippen molar-refractivity contribution < 1.29 is 4.79 Å². The van der Waals surface area contributed by atoms with E-state index in [9.17, 15) is 4.79 Å². The smallest absolute Gasteiger partial charge is 0.258 e. The highest BCUT2D eigenvalue weighted by atomic mass is 35.5. The van der Waals surface area contributed by atoms with Crippen molar-refractivity contribution in [1.29, 1.82) is 0 Å². The molecule has 3 aromatic heterocycles. The topological polar surface area (TPSA) is 72.7 Å². The molecular weight excluding hydrogens is 290 g/mol. The van der Waals surface area contributed by atoms with Crippen LogP contribution < -0.4 is 5.32 Å². The first-order valence-electron chi connectivity index (χ1n) is 6.12. The van der Waals surface area contributed by atoms with E-state index in [0.29, 0.717) is 22.2 Å². The summed E-state index contributed by atoms with van der Waals surface area (Å²) in [6.07, 6.45) is 6.39. The average molecular weight is 300 g/mol. The normalized spacial score (nSPS) is 10.3. The van der Waals surface area contributed by atoms with E-state index in [1.807, 2.05) is 0 Å². The Morgan fingerprint density at radius 3 is 2.81 bits per heavy atom. The van der Waals surface area contributed by atoms with E-state index in [-0.39, 0.29) is 5.91 Å². The van der Waals surface area contributed by atoms with Crippen LogP contribution in [0.4, 0.5) is 5.82 Å². The fourth-order valence-corrected chi connectivity index (χ4v) is 1.95. The number of nitrogens with one attached hydrogen (secondary N) is 1. The molecule has 0 aliphatic heterocycles. The molecular formula is C14H10ClN5O. The van der Waals surface area contributed by atoms with Crippen molar-refractivity contribution in [3.63, 3.8) is 0 Å². The van der Waals surface area contributed by atoms with Crippen molar-refractivity contribution >= 4 is 23.3 Å². The number of hydrogen-bond acceptors (Lipinski definition) is 4. The van der Waals surface area contributed by atoms with Gasteiger partial charge in [0.05, 0.1) is 10.6 Å². The van der Waals surface area contributed by atoms with Crippen molar-refractivity contribution in [3.8, 4) is 5.82 Å². The van der Waals surface area contributed by atoms with Crippen molar-refractivity contribution in [1.82, 2.24) is 19.7 Å². The van der Waals surface area contributed by atoms with Gasteiger partial charge in [0.15, 0.2) is 11.6 Å². The Morgan fingerprint density at radius 1 is 1.19 bits per heavy atom. The number of aromatic nitrogens is 4. The molecule has 1 amide bonds. The second kappa shape index (κ2) is 5.72. The molecule has 3 heterocycles. The fraction of sp³-hybridized carbons (Fsp3) is 0. The van der Waals surface area contributed by atoms with Gasteiger partial charge in [-0.3, -0.25) is 9.78 Å². The van der Waals surface area contributed by atoms with E-state index in [0.717, 1.165) is 0 Å². The highest BCUT2D eigenvalue weighted by Crippen LogP contribution is 2.17. The Labute approximate surface area is 125 Å². The highest BCUT2D eigenvalue weighted by molar-refractivity contribution is 6.32. The molecule has 1 N–H and O–H groups in total. The second-order valence-electron chi connectivity index (χ2n) is 4.15. The Hall–Kier alpha value is -2.73. The number of hydrogen-bond donors (Lipinski definition) is 1. The van der Waals surface area contributed by atoms with Gasteiger partial charge >= 0.3 is 0 Å². The lowest BCUT2D eigenvalue weighted by molar-refractivity contribution is 0.102. The van der Waals surface area contributed by atoms with Gasteiger partial charge in [-0.05, 0) is 24.3 Å². The van der Waals surface area contributed by atoms with Crippen LogP contribution >= 0.6 is 11.6 Å². The lowest BCUT2D eigenvalue weighted by Crippen LogP contribution is -2.12. The largest absolute Gasteiger partial charge is 0.305 e. The third kappa shape index (κ3) is 2.90. The minimum Gasteiger partial charge on any atom is -0.305 e. The molecule has 0 saturated carbocycles. The van der Waals surface area contributed by atoms with Crippen molar-refractivity contribution in [3.05, 3.63) is 65.7 Å². The van der Waals surface area contributed by atoms with Crippen molar-refractivity contribution in [2.24, 2.45) is 0 Å². The molecule has 7 heteroatoms. The monoisotopic (exact) mass is 299 g/mol. The van der Waals surface area contributed by atoms with E-state index < -0.39 is 0 Å². The van der Waals surface area contributed by atoms with E-state index >= 15 is 0 Å². The van der Waals surface area contributed by atoms with Crippen LogP contribution in [0, 0.1) is 0 Å². The lowest BCUT2D eigenvalue weighted by Gasteiger charge is -2.03. The van der Waals surface area contributed by atoms with Crippen molar-refractivity contribution in [2.45, 2.75) is 0 Å². The van der Waals surface area contributed by atoms with E-state index in [1.54, 1.807) is 48.9 Å².